The monoisotopic (exact) mass is 303 g/mol. The van der Waals surface area contributed by atoms with Gasteiger partial charge in [-0.2, -0.15) is 15.0 Å². The molecule has 0 aliphatic carbocycles. The first kappa shape index (κ1) is 16.5. The molecule has 22 heavy (non-hydrogen) atoms. The van der Waals surface area contributed by atoms with Crippen molar-refractivity contribution in [1.29, 1.82) is 0 Å². The molecule has 5 nitrogen and oxygen atoms in total. The van der Waals surface area contributed by atoms with E-state index in [4.69, 9.17) is 4.74 Å². The Balaban J connectivity index is 1.75. The van der Waals surface area contributed by atoms with Gasteiger partial charge in [-0.1, -0.05) is 45.2 Å². The Bertz CT molecular complexity index is 561. The number of rotatable bonds is 9. The molecule has 0 aliphatic heterocycles. The highest BCUT2D eigenvalue weighted by Crippen LogP contribution is 2.13. The highest BCUT2D eigenvalue weighted by Gasteiger charge is 2.11. The van der Waals surface area contributed by atoms with E-state index in [-0.39, 0.29) is 5.97 Å². The summed E-state index contributed by atoms with van der Waals surface area (Å²) >= 11 is 0. The summed E-state index contributed by atoms with van der Waals surface area (Å²) in [4.78, 5) is 13.4. The van der Waals surface area contributed by atoms with Gasteiger partial charge >= 0.3 is 5.97 Å². The highest BCUT2D eigenvalue weighted by molar-refractivity contribution is 5.73. The van der Waals surface area contributed by atoms with Gasteiger partial charge in [-0.3, -0.25) is 4.79 Å². The third kappa shape index (κ3) is 4.83. The van der Waals surface area contributed by atoms with E-state index in [9.17, 15) is 4.79 Å². The third-order valence-corrected chi connectivity index (χ3v) is 3.87. The van der Waals surface area contributed by atoms with Crippen LogP contribution in [-0.4, -0.2) is 27.6 Å². The molecular weight excluding hydrogens is 278 g/mol. The fraction of sp³-hybridized carbons (Fsp3) is 0.588. The van der Waals surface area contributed by atoms with E-state index in [2.05, 4.69) is 24.0 Å². The van der Waals surface area contributed by atoms with Gasteiger partial charge in [-0.25, -0.2) is 0 Å². The average Bonchev–Trinajstić information content (AvgIpc) is 2.96. The van der Waals surface area contributed by atoms with Crippen LogP contribution >= 0.6 is 0 Å². The van der Waals surface area contributed by atoms with Crippen LogP contribution in [0.4, 0.5) is 0 Å². The summed E-state index contributed by atoms with van der Waals surface area (Å²) in [6, 6.07) is 7.68. The first-order chi connectivity index (χ1) is 10.7. The molecular formula is C17H25N3O2. The van der Waals surface area contributed by atoms with Gasteiger partial charge in [0.15, 0.2) is 0 Å². The number of fused-ring (bicyclic) bond motifs is 1. The van der Waals surface area contributed by atoms with Gasteiger partial charge in [-0.15, -0.1) is 0 Å². The summed E-state index contributed by atoms with van der Waals surface area (Å²) in [5, 5.41) is 8.67. The molecule has 0 saturated carbocycles. The van der Waals surface area contributed by atoms with E-state index in [1.54, 1.807) is 4.80 Å². The molecule has 5 heteroatoms. The number of carbonyl (C=O) groups is 1. The van der Waals surface area contributed by atoms with E-state index >= 15 is 0 Å². The van der Waals surface area contributed by atoms with Crippen molar-refractivity contribution in [1.82, 2.24) is 15.0 Å². The van der Waals surface area contributed by atoms with Crippen molar-refractivity contribution in [2.75, 3.05) is 6.61 Å². The van der Waals surface area contributed by atoms with E-state index in [0.29, 0.717) is 25.5 Å². The largest absolute Gasteiger partial charge is 0.465 e. The third-order valence-electron chi connectivity index (χ3n) is 3.87. The van der Waals surface area contributed by atoms with Crippen molar-refractivity contribution >= 4 is 17.0 Å². The number of ether oxygens (including phenoxy) is 1. The standard InChI is InChI=1S/C17H25N3O2/c1-3-5-8-14(4-2)13-22-17(21)11-12-20-18-15-9-6-7-10-16(15)19-20/h6-7,9-10,14H,3-5,8,11-13H2,1-2H3. The zero-order chi connectivity index (χ0) is 15.8. The normalized spacial score (nSPS) is 12.5. The molecule has 0 N–H and O–H groups in total. The highest BCUT2D eigenvalue weighted by atomic mass is 16.5. The number of aromatic nitrogens is 3. The molecule has 0 radical (unpaired) electrons. The van der Waals surface area contributed by atoms with Crippen LogP contribution in [0, 0.1) is 5.92 Å². The molecule has 0 amide bonds. The van der Waals surface area contributed by atoms with Crippen LogP contribution in [-0.2, 0) is 16.1 Å². The number of hydrogen-bond acceptors (Lipinski definition) is 4. The van der Waals surface area contributed by atoms with Gasteiger partial charge in [0.05, 0.1) is 19.6 Å². The van der Waals surface area contributed by atoms with Gasteiger partial charge in [0, 0.05) is 0 Å². The number of hydrogen-bond donors (Lipinski definition) is 0. The molecule has 0 fully saturated rings. The lowest BCUT2D eigenvalue weighted by atomic mass is 10.0. The summed E-state index contributed by atoms with van der Waals surface area (Å²) in [7, 11) is 0. The summed E-state index contributed by atoms with van der Waals surface area (Å²) in [5.41, 5.74) is 1.70. The van der Waals surface area contributed by atoms with Crippen molar-refractivity contribution in [3.05, 3.63) is 24.3 Å². The molecule has 0 spiro atoms. The predicted molar refractivity (Wildman–Crippen MR) is 86.4 cm³/mol. The predicted octanol–water partition coefficient (Wildman–Crippen LogP) is 3.58. The van der Waals surface area contributed by atoms with Crippen molar-refractivity contribution in [2.45, 2.75) is 52.5 Å². The Morgan fingerprint density at radius 2 is 1.91 bits per heavy atom. The zero-order valence-corrected chi connectivity index (χ0v) is 13.5. The molecule has 2 rings (SSSR count). The van der Waals surface area contributed by atoms with Gasteiger partial charge in [-0.05, 0) is 24.5 Å². The first-order valence-corrected chi connectivity index (χ1v) is 8.18. The Morgan fingerprint density at radius 1 is 1.23 bits per heavy atom. The van der Waals surface area contributed by atoms with Crippen LogP contribution in [0.15, 0.2) is 24.3 Å². The van der Waals surface area contributed by atoms with Crippen molar-refractivity contribution in [2.24, 2.45) is 5.92 Å². The lowest BCUT2D eigenvalue weighted by molar-refractivity contribution is -0.145. The molecule has 1 unspecified atom stereocenters. The van der Waals surface area contributed by atoms with E-state index in [1.807, 2.05) is 24.3 Å². The van der Waals surface area contributed by atoms with Crippen molar-refractivity contribution in [3.63, 3.8) is 0 Å². The average molecular weight is 303 g/mol. The quantitative estimate of drug-likeness (QED) is 0.664. The zero-order valence-electron chi connectivity index (χ0n) is 13.5. The van der Waals surface area contributed by atoms with Crippen LogP contribution < -0.4 is 0 Å². The number of aryl methyl sites for hydroxylation is 1. The maximum Gasteiger partial charge on any atom is 0.307 e. The van der Waals surface area contributed by atoms with Crippen LogP contribution in [0.1, 0.15) is 46.0 Å². The fourth-order valence-corrected chi connectivity index (χ4v) is 2.38. The molecule has 0 bridgehead atoms. The summed E-state index contributed by atoms with van der Waals surface area (Å²) in [6.45, 7) is 5.32. The first-order valence-electron chi connectivity index (χ1n) is 8.18. The minimum Gasteiger partial charge on any atom is -0.465 e. The number of benzene rings is 1. The molecule has 1 heterocycles. The van der Waals surface area contributed by atoms with Crippen LogP contribution in [0.3, 0.4) is 0 Å². The topological polar surface area (TPSA) is 57.0 Å². The second-order valence-electron chi connectivity index (χ2n) is 5.63. The number of nitrogens with zero attached hydrogens (tertiary/aromatic N) is 3. The van der Waals surface area contributed by atoms with Gasteiger partial charge < -0.3 is 4.74 Å². The summed E-state index contributed by atoms with van der Waals surface area (Å²) in [6.07, 6.45) is 4.87. The summed E-state index contributed by atoms with van der Waals surface area (Å²) < 4.78 is 5.38. The lowest BCUT2D eigenvalue weighted by Gasteiger charge is -2.14. The molecule has 0 aliphatic rings. The molecule has 1 atom stereocenters. The molecule has 1 aromatic carbocycles. The number of unbranched alkanes of at least 4 members (excludes halogenated alkanes) is 1. The molecule has 120 valence electrons. The maximum atomic E-state index is 11.8. The van der Waals surface area contributed by atoms with Gasteiger partial charge in [0.1, 0.15) is 11.0 Å². The maximum absolute atomic E-state index is 11.8. The molecule has 0 saturated heterocycles. The van der Waals surface area contributed by atoms with Crippen LogP contribution in [0.5, 0.6) is 0 Å². The Morgan fingerprint density at radius 3 is 2.50 bits per heavy atom. The number of carbonyl (C=O) groups excluding carboxylic acids is 1. The molecule has 2 aromatic rings. The van der Waals surface area contributed by atoms with E-state index < -0.39 is 0 Å². The van der Waals surface area contributed by atoms with Gasteiger partial charge in [0.2, 0.25) is 0 Å². The van der Waals surface area contributed by atoms with E-state index in [1.165, 1.54) is 12.8 Å². The van der Waals surface area contributed by atoms with Gasteiger partial charge in [0.25, 0.3) is 0 Å². The van der Waals surface area contributed by atoms with Crippen LogP contribution in [0.2, 0.25) is 0 Å². The second-order valence-corrected chi connectivity index (χ2v) is 5.63. The Hall–Kier alpha value is -1.91. The minimum atomic E-state index is -0.170. The number of esters is 1. The summed E-state index contributed by atoms with van der Waals surface area (Å²) in [5.74, 6) is 0.311. The minimum absolute atomic E-state index is 0.170. The van der Waals surface area contributed by atoms with Crippen molar-refractivity contribution in [3.8, 4) is 0 Å². The van der Waals surface area contributed by atoms with E-state index in [0.717, 1.165) is 23.9 Å². The fourth-order valence-electron chi connectivity index (χ4n) is 2.38. The SMILES string of the molecule is CCCCC(CC)COC(=O)CCn1nc2ccccc2n1. The van der Waals surface area contributed by atoms with Crippen LogP contribution in [0.25, 0.3) is 11.0 Å². The smallest absolute Gasteiger partial charge is 0.307 e. The van der Waals surface area contributed by atoms with Crippen molar-refractivity contribution < 1.29 is 9.53 Å². The molecule has 1 aromatic heterocycles. The second kappa shape index (κ2) is 8.51. The Kier molecular flexibility index (Phi) is 6.37. The Labute approximate surface area is 131 Å². The lowest BCUT2D eigenvalue weighted by Crippen LogP contribution is -2.16.